The van der Waals surface area contributed by atoms with Crippen LogP contribution in [0.5, 0.6) is 0 Å². The first kappa shape index (κ1) is 24.9. The third kappa shape index (κ3) is 6.05. The van der Waals surface area contributed by atoms with E-state index in [9.17, 15) is 9.18 Å². The maximum Gasteiger partial charge on any atom is 0.226 e. The van der Waals surface area contributed by atoms with E-state index in [-0.39, 0.29) is 11.7 Å². The van der Waals surface area contributed by atoms with Gasteiger partial charge in [0.2, 0.25) is 5.91 Å². The molecular weight excluding hydrogens is 427 g/mol. The molecule has 2 aromatic rings. The van der Waals surface area contributed by atoms with E-state index in [0.29, 0.717) is 38.3 Å². The highest BCUT2D eigenvalue weighted by molar-refractivity contribution is 5.83. The van der Waals surface area contributed by atoms with Crippen LogP contribution in [0.2, 0.25) is 0 Å². The maximum absolute atomic E-state index is 13.7. The van der Waals surface area contributed by atoms with Crippen molar-refractivity contribution < 1.29 is 13.9 Å². The summed E-state index contributed by atoms with van der Waals surface area (Å²) in [5, 5.41) is 3.27. The SMILES string of the molecule is C[C@H]1CCC[C@H](C)N1CCCNC(=O)C1(Cc2cccc(-c3cccc(F)c3)c2)CCOCC1. The highest BCUT2D eigenvalue weighted by Crippen LogP contribution is 2.36. The molecule has 0 unspecified atom stereocenters. The van der Waals surface area contributed by atoms with Gasteiger partial charge in [-0.25, -0.2) is 4.39 Å². The fraction of sp³-hybridized carbons (Fsp3) is 0.552. The predicted molar refractivity (Wildman–Crippen MR) is 135 cm³/mol. The molecule has 4 rings (SSSR count). The van der Waals surface area contributed by atoms with E-state index in [1.807, 2.05) is 18.2 Å². The fourth-order valence-corrected chi connectivity index (χ4v) is 5.73. The van der Waals surface area contributed by atoms with Gasteiger partial charge < -0.3 is 10.1 Å². The summed E-state index contributed by atoms with van der Waals surface area (Å²) >= 11 is 0. The summed E-state index contributed by atoms with van der Waals surface area (Å²) in [4.78, 5) is 16.1. The van der Waals surface area contributed by atoms with E-state index in [1.165, 1.54) is 25.3 Å². The molecule has 2 saturated heterocycles. The number of nitrogens with one attached hydrogen (secondary N) is 1. The average Bonchev–Trinajstić information content (AvgIpc) is 2.84. The van der Waals surface area contributed by atoms with Crippen LogP contribution < -0.4 is 5.32 Å². The lowest BCUT2D eigenvalue weighted by Crippen LogP contribution is -2.47. The van der Waals surface area contributed by atoms with Gasteiger partial charge >= 0.3 is 0 Å². The Kier molecular flexibility index (Phi) is 8.38. The maximum atomic E-state index is 13.7. The summed E-state index contributed by atoms with van der Waals surface area (Å²) in [6, 6.07) is 16.1. The second kappa shape index (κ2) is 11.5. The van der Waals surface area contributed by atoms with Crippen LogP contribution in [-0.4, -0.2) is 49.2 Å². The van der Waals surface area contributed by atoms with Crippen LogP contribution in [0.25, 0.3) is 11.1 Å². The van der Waals surface area contributed by atoms with Gasteiger partial charge in [-0.3, -0.25) is 9.69 Å². The Bertz CT molecular complexity index is 947. The molecule has 2 aliphatic heterocycles. The number of carbonyl (C=O) groups excluding carboxylic acids is 1. The molecule has 2 fully saturated rings. The molecule has 184 valence electrons. The number of amides is 1. The fourth-order valence-electron chi connectivity index (χ4n) is 5.73. The number of carbonyl (C=O) groups is 1. The van der Waals surface area contributed by atoms with E-state index < -0.39 is 5.41 Å². The van der Waals surface area contributed by atoms with Gasteiger partial charge in [0.25, 0.3) is 0 Å². The lowest BCUT2D eigenvalue weighted by molar-refractivity contribution is -0.136. The topological polar surface area (TPSA) is 41.6 Å². The van der Waals surface area contributed by atoms with E-state index >= 15 is 0 Å². The number of rotatable bonds is 8. The summed E-state index contributed by atoms with van der Waals surface area (Å²) in [5.41, 5.74) is 2.48. The van der Waals surface area contributed by atoms with Crippen LogP contribution in [-0.2, 0) is 16.0 Å². The first-order valence-corrected chi connectivity index (χ1v) is 12.9. The molecular formula is C29H39FN2O2. The van der Waals surface area contributed by atoms with Gasteiger partial charge in [-0.2, -0.15) is 0 Å². The minimum Gasteiger partial charge on any atom is -0.381 e. The standard InChI is InChI=1S/C29H39FN2O2/c1-22-7-3-8-23(2)32(22)16-6-15-31-28(33)29(13-17-34-18-14-29)21-24-9-4-10-25(19-24)26-11-5-12-27(30)20-26/h4-5,9-12,19-20,22-23H,3,6-8,13-18,21H2,1-2H3,(H,31,33)/t22-,23-/m0/s1. The number of piperidine rings is 1. The van der Waals surface area contributed by atoms with E-state index in [4.69, 9.17) is 4.74 Å². The van der Waals surface area contributed by atoms with Crippen molar-refractivity contribution in [1.82, 2.24) is 10.2 Å². The van der Waals surface area contributed by atoms with Gasteiger partial charge in [0.1, 0.15) is 5.82 Å². The lowest BCUT2D eigenvalue weighted by Gasteiger charge is -2.39. The largest absolute Gasteiger partial charge is 0.381 e. The van der Waals surface area contributed by atoms with Gasteiger partial charge in [0.05, 0.1) is 5.41 Å². The predicted octanol–water partition coefficient (Wildman–Crippen LogP) is 5.60. The number of likely N-dealkylation sites (tertiary alicyclic amines) is 1. The van der Waals surface area contributed by atoms with Gasteiger partial charge in [0, 0.05) is 38.4 Å². The smallest absolute Gasteiger partial charge is 0.226 e. The quantitative estimate of drug-likeness (QED) is 0.515. The zero-order chi connectivity index (χ0) is 24.0. The zero-order valence-corrected chi connectivity index (χ0v) is 20.7. The van der Waals surface area contributed by atoms with E-state index in [1.54, 1.807) is 12.1 Å². The van der Waals surface area contributed by atoms with Gasteiger partial charge in [0.15, 0.2) is 0 Å². The summed E-state index contributed by atoms with van der Waals surface area (Å²) < 4.78 is 19.4. The van der Waals surface area contributed by atoms with Crippen molar-refractivity contribution in [3.8, 4) is 11.1 Å². The van der Waals surface area contributed by atoms with Crippen LogP contribution in [0.15, 0.2) is 48.5 Å². The number of ether oxygens (including phenoxy) is 1. The van der Waals surface area contributed by atoms with Crippen molar-refractivity contribution in [3.63, 3.8) is 0 Å². The number of hydrogen-bond acceptors (Lipinski definition) is 3. The van der Waals surface area contributed by atoms with Crippen molar-refractivity contribution >= 4 is 5.91 Å². The third-order valence-electron chi connectivity index (χ3n) is 7.81. The van der Waals surface area contributed by atoms with Crippen LogP contribution in [0.3, 0.4) is 0 Å². The Hall–Kier alpha value is -2.24. The first-order valence-electron chi connectivity index (χ1n) is 12.9. The van der Waals surface area contributed by atoms with Gasteiger partial charge in [-0.1, -0.05) is 42.8 Å². The molecule has 5 heteroatoms. The van der Waals surface area contributed by atoms with Crippen LogP contribution in [0.4, 0.5) is 4.39 Å². The molecule has 1 amide bonds. The minimum atomic E-state index is -0.454. The number of nitrogens with zero attached hydrogens (tertiary/aromatic N) is 1. The van der Waals surface area contributed by atoms with Crippen molar-refractivity contribution in [2.75, 3.05) is 26.3 Å². The molecule has 0 bridgehead atoms. The molecule has 0 radical (unpaired) electrons. The van der Waals surface area contributed by atoms with Crippen LogP contribution in [0.1, 0.15) is 57.9 Å². The summed E-state index contributed by atoms with van der Waals surface area (Å²) in [6.07, 6.45) is 6.96. The number of hydrogen-bond donors (Lipinski definition) is 1. The summed E-state index contributed by atoms with van der Waals surface area (Å²) in [7, 11) is 0. The second-order valence-corrected chi connectivity index (χ2v) is 10.3. The molecule has 0 aliphatic carbocycles. The zero-order valence-electron chi connectivity index (χ0n) is 20.7. The van der Waals surface area contributed by atoms with Crippen LogP contribution >= 0.6 is 0 Å². The molecule has 2 atom stereocenters. The normalized spacial score (nSPS) is 22.9. The monoisotopic (exact) mass is 466 g/mol. The van der Waals surface area contributed by atoms with E-state index in [2.05, 4.69) is 36.2 Å². The Labute approximate surface area is 203 Å². The first-order chi connectivity index (χ1) is 16.5. The Balaban J connectivity index is 1.40. The lowest BCUT2D eigenvalue weighted by atomic mass is 9.74. The molecule has 0 aromatic heterocycles. The molecule has 34 heavy (non-hydrogen) atoms. The molecule has 0 saturated carbocycles. The highest BCUT2D eigenvalue weighted by Gasteiger charge is 2.40. The van der Waals surface area contributed by atoms with Crippen molar-refractivity contribution in [2.45, 2.75) is 70.9 Å². The average molecular weight is 467 g/mol. The highest BCUT2D eigenvalue weighted by atomic mass is 19.1. The summed E-state index contributed by atoms with van der Waals surface area (Å²) in [6.45, 7) is 7.61. The Morgan fingerprint density at radius 3 is 2.44 bits per heavy atom. The summed E-state index contributed by atoms with van der Waals surface area (Å²) in [5.74, 6) is -0.0942. The van der Waals surface area contributed by atoms with Crippen molar-refractivity contribution in [1.29, 1.82) is 0 Å². The molecule has 0 spiro atoms. The van der Waals surface area contributed by atoms with Crippen LogP contribution in [0, 0.1) is 11.2 Å². The number of benzene rings is 2. The third-order valence-corrected chi connectivity index (χ3v) is 7.81. The molecule has 2 aliphatic rings. The molecule has 2 aromatic carbocycles. The minimum absolute atomic E-state index is 0.145. The van der Waals surface area contributed by atoms with Gasteiger partial charge in [-0.05, 0) is 81.2 Å². The molecule has 4 nitrogen and oxygen atoms in total. The number of halogens is 1. The molecule has 1 N–H and O–H groups in total. The molecule has 2 heterocycles. The Morgan fingerprint density at radius 1 is 1.06 bits per heavy atom. The van der Waals surface area contributed by atoms with Crippen molar-refractivity contribution in [3.05, 3.63) is 59.9 Å². The Morgan fingerprint density at radius 2 is 1.74 bits per heavy atom. The van der Waals surface area contributed by atoms with E-state index in [0.717, 1.165) is 42.5 Å². The second-order valence-electron chi connectivity index (χ2n) is 10.3. The van der Waals surface area contributed by atoms with Crippen molar-refractivity contribution in [2.24, 2.45) is 5.41 Å². The van der Waals surface area contributed by atoms with Gasteiger partial charge in [-0.15, -0.1) is 0 Å².